The van der Waals surface area contributed by atoms with Gasteiger partial charge >= 0.3 is 0 Å². The molecule has 0 radical (unpaired) electrons. The van der Waals surface area contributed by atoms with Crippen molar-refractivity contribution < 1.29 is 4.92 Å². The Kier molecular flexibility index (Phi) is 4.94. The van der Waals surface area contributed by atoms with Gasteiger partial charge in [0.1, 0.15) is 0 Å². The first kappa shape index (κ1) is 15.5. The molecule has 0 fully saturated rings. The molecule has 1 N–H and O–H groups in total. The predicted molar refractivity (Wildman–Crippen MR) is 84.5 cm³/mol. The first-order chi connectivity index (χ1) is 9.99. The third kappa shape index (κ3) is 3.80. The van der Waals surface area contributed by atoms with Crippen LogP contribution in [0.1, 0.15) is 29.7 Å². The van der Waals surface area contributed by atoms with Gasteiger partial charge in [-0.15, -0.1) is 0 Å². The summed E-state index contributed by atoms with van der Waals surface area (Å²) < 4.78 is 0. The number of nitrogens with one attached hydrogen (secondary N) is 1. The highest BCUT2D eigenvalue weighted by atomic mass is 35.5. The standard InChI is InChI=1S/C16H17ClN2O2/c1-11-5-3-4-6-15(11)12(2)18-10-13-9-14(19(20)21)7-8-16(13)17/h3-9,12,18H,10H2,1-2H3/t12-/m0/s1. The minimum absolute atomic E-state index is 0.0553. The fraction of sp³-hybridized carbons (Fsp3) is 0.250. The summed E-state index contributed by atoms with van der Waals surface area (Å²) in [5.74, 6) is 0. The van der Waals surface area contributed by atoms with Crippen molar-refractivity contribution in [1.29, 1.82) is 0 Å². The predicted octanol–water partition coefficient (Wildman–Crippen LogP) is 4.41. The minimum atomic E-state index is -0.412. The molecule has 0 bridgehead atoms. The van der Waals surface area contributed by atoms with Crippen molar-refractivity contribution >= 4 is 17.3 Å². The summed E-state index contributed by atoms with van der Waals surface area (Å²) in [5, 5.41) is 14.7. The van der Waals surface area contributed by atoms with E-state index < -0.39 is 4.92 Å². The second-order valence-electron chi connectivity index (χ2n) is 4.99. The van der Waals surface area contributed by atoms with E-state index in [4.69, 9.17) is 11.6 Å². The first-order valence-electron chi connectivity index (χ1n) is 6.70. The molecule has 110 valence electrons. The number of hydrogen-bond donors (Lipinski definition) is 1. The summed E-state index contributed by atoms with van der Waals surface area (Å²) in [5.41, 5.74) is 3.20. The van der Waals surface area contributed by atoms with Crippen LogP contribution in [0, 0.1) is 17.0 Å². The minimum Gasteiger partial charge on any atom is -0.306 e. The Morgan fingerprint density at radius 1 is 1.29 bits per heavy atom. The summed E-state index contributed by atoms with van der Waals surface area (Å²) >= 11 is 6.10. The van der Waals surface area contributed by atoms with Gasteiger partial charge < -0.3 is 5.32 Å². The highest BCUT2D eigenvalue weighted by Crippen LogP contribution is 2.23. The number of halogens is 1. The van der Waals surface area contributed by atoms with E-state index in [0.29, 0.717) is 11.6 Å². The molecule has 0 heterocycles. The second kappa shape index (κ2) is 6.70. The first-order valence-corrected chi connectivity index (χ1v) is 7.08. The molecule has 21 heavy (non-hydrogen) atoms. The molecule has 0 unspecified atom stereocenters. The second-order valence-corrected chi connectivity index (χ2v) is 5.40. The topological polar surface area (TPSA) is 55.2 Å². The van der Waals surface area contributed by atoms with Gasteiger partial charge in [-0.3, -0.25) is 10.1 Å². The molecule has 4 nitrogen and oxygen atoms in total. The molecule has 0 aliphatic heterocycles. The number of hydrogen-bond acceptors (Lipinski definition) is 3. The van der Waals surface area contributed by atoms with Crippen LogP contribution in [0.2, 0.25) is 5.02 Å². The molecule has 0 saturated carbocycles. The molecular weight excluding hydrogens is 288 g/mol. The Labute approximate surface area is 128 Å². The number of nitrogens with zero attached hydrogens (tertiary/aromatic N) is 1. The van der Waals surface area contributed by atoms with Crippen molar-refractivity contribution in [2.75, 3.05) is 0 Å². The normalized spacial score (nSPS) is 12.1. The summed E-state index contributed by atoms with van der Waals surface area (Å²) in [6.45, 7) is 4.61. The SMILES string of the molecule is Cc1ccccc1[C@H](C)NCc1cc([N+](=O)[O-])ccc1Cl. The largest absolute Gasteiger partial charge is 0.306 e. The van der Waals surface area contributed by atoms with Gasteiger partial charge in [-0.05, 0) is 36.6 Å². The van der Waals surface area contributed by atoms with Crippen LogP contribution in [0.15, 0.2) is 42.5 Å². The zero-order chi connectivity index (χ0) is 15.4. The highest BCUT2D eigenvalue weighted by Gasteiger charge is 2.12. The van der Waals surface area contributed by atoms with Crippen LogP contribution in [0.3, 0.4) is 0 Å². The summed E-state index contributed by atoms with van der Waals surface area (Å²) in [6, 6.07) is 12.8. The molecule has 0 saturated heterocycles. The van der Waals surface area contributed by atoms with Crippen LogP contribution in [-0.2, 0) is 6.54 Å². The van der Waals surface area contributed by atoms with Gasteiger partial charge in [0.15, 0.2) is 0 Å². The fourth-order valence-corrected chi connectivity index (χ4v) is 2.44. The van der Waals surface area contributed by atoms with Crippen molar-refractivity contribution in [3.63, 3.8) is 0 Å². The molecule has 2 rings (SSSR count). The Balaban J connectivity index is 2.11. The monoisotopic (exact) mass is 304 g/mol. The van der Waals surface area contributed by atoms with Crippen molar-refractivity contribution in [2.24, 2.45) is 0 Å². The summed E-state index contributed by atoms with van der Waals surface area (Å²) in [7, 11) is 0. The van der Waals surface area contributed by atoms with Crippen molar-refractivity contribution in [2.45, 2.75) is 26.4 Å². The molecular formula is C16H17ClN2O2. The van der Waals surface area contributed by atoms with Gasteiger partial charge in [0.25, 0.3) is 5.69 Å². The third-order valence-electron chi connectivity index (χ3n) is 3.49. The maximum atomic E-state index is 10.8. The van der Waals surface area contributed by atoms with Gasteiger partial charge in [0.2, 0.25) is 0 Å². The molecule has 0 amide bonds. The summed E-state index contributed by atoms with van der Waals surface area (Å²) in [4.78, 5) is 10.4. The number of nitro benzene ring substituents is 1. The average Bonchev–Trinajstić information content (AvgIpc) is 2.46. The quantitative estimate of drug-likeness (QED) is 0.657. The number of non-ortho nitro benzene ring substituents is 1. The zero-order valence-corrected chi connectivity index (χ0v) is 12.7. The van der Waals surface area contributed by atoms with Gasteiger partial charge in [-0.1, -0.05) is 35.9 Å². The lowest BCUT2D eigenvalue weighted by Gasteiger charge is -2.17. The highest BCUT2D eigenvalue weighted by molar-refractivity contribution is 6.31. The maximum absolute atomic E-state index is 10.8. The van der Waals surface area contributed by atoms with Crippen molar-refractivity contribution in [3.05, 3.63) is 74.3 Å². The zero-order valence-electron chi connectivity index (χ0n) is 12.0. The van der Waals surface area contributed by atoms with Crippen molar-refractivity contribution in [1.82, 2.24) is 5.32 Å². The Bertz CT molecular complexity index is 658. The van der Waals surface area contributed by atoms with Crippen LogP contribution < -0.4 is 5.32 Å². The van der Waals surface area contributed by atoms with Gasteiger partial charge in [-0.25, -0.2) is 0 Å². The fourth-order valence-electron chi connectivity index (χ4n) is 2.26. The van der Waals surface area contributed by atoms with E-state index in [1.54, 1.807) is 6.07 Å². The lowest BCUT2D eigenvalue weighted by Crippen LogP contribution is -2.19. The molecule has 1 atom stereocenters. The number of nitro groups is 1. The van der Waals surface area contributed by atoms with Crippen LogP contribution in [0.5, 0.6) is 0 Å². The average molecular weight is 305 g/mol. The number of rotatable bonds is 5. The molecule has 0 aromatic heterocycles. The molecule has 0 spiro atoms. The smallest absolute Gasteiger partial charge is 0.269 e. The molecule has 0 aliphatic rings. The van der Waals surface area contributed by atoms with E-state index in [0.717, 1.165) is 5.56 Å². The molecule has 5 heteroatoms. The summed E-state index contributed by atoms with van der Waals surface area (Å²) in [6.07, 6.45) is 0. The number of benzene rings is 2. The van der Waals surface area contributed by atoms with E-state index >= 15 is 0 Å². The van der Waals surface area contributed by atoms with Crippen LogP contribution >= 0.6 is 11.6 Å². The van der Waals surface area contributed by atoms with E-state index in [9.17, 15) is 10.1 Å². The van der Waals surface area contributed by atoms with E-state index in [1.807, 2.05) is 12.1 Å². The van der Waals surface area contributed by atoms with E-state index in [1.165, 1.54) is 23.3 Å². The maximum Gasteiger partial charge on any atom is 0.269 e. The van der Waals surface area contributed by atoms with Crippen LogP contribution in [-0.4, -0.2) is 4.92 Å². The van der Waals surface area contributed by atoms with Crippen LogP contribution in [0.25, 0.3) is 0 Å². The molecule has 2 aromatic rings. The Morgan fingerprint density at radius 3 is 2.67 bits per heavy atom. The van der Waals surface area contributed by atoms with Gasteiger partial charge in [-0.2, -0.15) is 0 Å². The molecule has 2 aromatic carbocycles. The Morgan fingerprint density at radius 2 is 2.00 bits per heavy atom. The van der Waals surface area contributed by atoms with E-state index in [-0.39, 0.29) is 11.7 Å². The number of aryl methyl sites for hydroxylation is 1. The Hall–Kier alpha value is -1.91. The van der Waals surface area contributed by atoms with Gasteiger partial charge in [0, 0.05) is 29.7 Å². The van der Waals surface area contributed by atoms with Crippen molar-refractivity contribution in [3.8, 4) is 0 Å². The van der Waals surface area contributed by atoms with Gasteiger partial charge in [0.05, 0.1) is 4.92 Å². The van der Waals surface area contributed by atoms with Crippen LogP contribution in [0.4, 0.5) is 5.69 Å². The lowest BCUT2D eigenvalue weighted by atomic mass is 10.0. The third-order valence-corrected chi connectivity index (χ3v) is 3.86. The van der Waals surface area contributed by atoms with E-state index in [2.05, 4.69) is 31.3 Å². The molecule has 0 aliphatic carbocycles. The lowest BCUT2D eigenvalue weighted by molar-refractivity contribution is -0.384.